The second-order valence-electron chi connectivity index (χ2n) is 7.96. The molecular formula is C24H25N5O6S2. The van der Waals surface area contributed by atoms with Crippen molar-refractivity contribution in [2.75, 3.05) is 6.54 Å². The number of para-hydroxylation sites is 1. The predicted octanol–water partition coefficient (Wildman–Crippen LogP) is 2.86. The molecule has 0 radical (unpaired) electrons. The summed E-state index contributed by atoms with van der Waals surface area (Å²) in [6, 6.07) is 15.6. The number of carbonyl (C=O) groups excluding carboxylic acids is 1. The van der Waals surface area contributed by atoms with E-state index in [0.717, 1.165) is 33.5 Å². The Hall–Kier alpha value is -3.81. The molecule has 0 aliphatic carbocycles. The number of sulfonamides is 1. The van der Waals surface area contributed by atoms with Crippen molar-refractivity contribution >= 4 is 38.4 Å². The van der Waals surface area contributed by atoms with Crippen molar-refractivity contribution in [1.29, 1.82) is 0 Å². The summed E-state index contributed by atoms with van der Waals surface area (Å²) in [5.74, 6) is 0.480. The van der Waals surface area contributed by atoms with Crippen LogP contribution in [0.1, 0.15) is 23.2 Å². The van der Waals surface area contributed by atoms with Gasteiger partial charge in [0.15, 0.2) is 6.23 Å². The minimum absolute atomic E-state index is 0.0511. The second-order valence-corrected chi connectivity index (χ2v) is 10.7. The number of carbonyl (C=O) groups is 1. The minimum Gasteiger partial charge on any atom is -0.489 e. The number of amides is 1. The molecule has 3 N–H and O–H groups in total. The quantitative estimate of drug-likeness (QED) is 0.258. The molecule has 2 aromatic heterocycles. The Morgan fingerprint density at radius 1 is 1.16 bits per heavy atom. The zero-order chi connectivity index (χ0) is 26.4. The fraction of sp³-hybridized carbons (Fsp3) is 0.250. The van der Waals surface area contributed by atoms with E-state index in [1.807, 2.05) is 37.3 Å². The third-order valence-electron chi connectivity index (χ3n) is 5.16. The molecule has 2 aromatic carbocycles. The van der Waals surface area contributed by atoms with Crippen molar-refractivity contribution in [3.63, 3.8) is 0 Å². The number of nitrogens with zero attached hydrogens (tertiary/aromatic N) is 2. The van der Waals surface area contributed by atoms with Crippen LogP contribution in [0.15, 0.2) is 64.3 Å². The molecular weight excluding hydrogens is 518 g/mol. The fourth-order valence-electron chi connectivity index (χ4n) is 3.56. The molecule has 0 saturated carbocycles. The van der Waals surface area contributed by atoms with Gasteiger partial charge in [0.2, 0.25) is 10.0 Å². The van der Waals surface area contributed by atoms with Crippen LogP contribution in [0.3, 0.4) is 0 Å². The van der Waals surface area contributed by atoms with Crippen LogP contribution in [-0.4, -0.2) is 42.5 Å². The van der Waals surface area contributed by atoms with Crippen LogP contribution in [0.25, 0.3) is 10.9 Å². The highest BCUT2D eigenvalue weighted by atomic mass is 32.2. The summed E-state index contributed by atoms with van der Waals surface area (Å²) >= 11 is 0.796. The van der Waals surface area contributed by atoms with Gasteiger partial charge in [0.25, 0.3) is 0 Å². The lowest BCUT2D eigenvalue weighted by Gasteiger charge is -2.18. The summed E-state index contributed by atoms with van der Waals surface area (Å²) in [5.41, 5.74) is 2.71. The number of hydrogen-bond donors (Lipinski definition) is 3. The zero-order valence-electron chi connectivity index (χ0n) is 20.1. The van der Waals surface area contributed by atoms with Gasteiger partial charge in [0.05, 0.1) is 16.8 Å². The maximum Gasteiger partial charge on any atom is 0.408 e. The van der Waals surface area contributed by atoms with E-state index in [2.05, 4.69) is 25.2 Å². The van der Waals surface area contributed by atoms with Crippen LogP contribution in [0, 0.1) is 6.92 Å². The number of H-pyrrole nitrogens is 1. The Balaban J connectivity index is 1.46. The van der Waals surface area contributed by atoms with E-state index < -0.39 is 27.2 Å². The summed E-state index contributed by atoms with van der Waals surface area (Å²) in [6.07, 6.45) is -2.21. The van der Waals surface area contributed by atoms with Crippen LogP contribution in [0.5, 0.6) is 5.75 Å². The topological polar surface area (TPSA) is 152 Å². The first kappa shape index (κ1) is 26.3. The van der Waals surface area contributed by atoms with Crippen LogP contribution in [-0.2, 0) is 27.8 Å². The molecule has 1 amide bonds. The maximum atomic E-state index is 13.0. The monoisotopic (exact) mass is 543 g/mol. The van der Waals surface area contributed by atoms with Crippen molar-refractivity contribution in [2.24, 2.45) is 0 Å². The van der Waals surface area contributed by atoms with E-state index in [1.165, 1.54) is 12.1 Å². The molecule has 0 saturated heterocycles. The molecule has 0 aliphatic rings. The Bertz CT molecular complexity index is 1550. The van der Waals surface area contributed by atoms with Gasteiger partial charge in [-0.3, -0.25) is 9.78 Å². The van der Waals surface area contributed by atoms with E-state index in [1.54, 1.807) is 19.1 Å². The van der Waals surface area contributed by atoms with Gasteiger partial charge in [-0.25, -0.2) is 18.3 Å². The lowest BCUT2D eigenvalue weighted by atomic mass is 10.1. The van der Waals surface area contributed by atoms with Gasteiger partial charge in [0, 0.05) is 23.2 Å². The average Bonchev–Trinajstić information content (AvgIpc) is 3.26. The van der Waals surface area contributed by atoms with Gasteiger partial charge >= 0.3 is 11.0 Å². The number of alkyl carbamates (subject to hydrolysis) is 1. The number of ether oxygens (including phenoxy) is 2. The van der Waals surface area contributed by atoms with Gasteiger partial charge in [0.1, 0.15) is 17.4 Å². The van der Waals surface area contributed by atoms with Crippen LogP contribution < -0.4 is 19.6 Å². The number of aromatic nitrogens is 3. The van der Waals surface area contributed by atoms with Crippen molar-refractivity contribution < 1.29 is 22.7 Å². The molecule has 0 fully saturated rings. The number of fused-ring (bicyclic) bond motifs is 1. The number of aryl methyl sites for hydroxylation is 1. The number of nitrogens with one attached hydrogen (secondary N) is 3. The third kappa shape index (κ3) is 6.90. The summed E-state index contributed by atoms with van der Waals surface area (Å²) < 4.78 is 39.4. The van der Waals surface area contributed by atoms with Crippen molar-refractivity contribution in [3.8, 4) is 5.75 Å². The molecule has 37 heavy (non-hydrogen) atoms. The number of hydrogen-bond acceptors (Lipinski definition) is 9. The molecule has 0 bridgehead atoms. The Morgan fingerprint density at radius 3 is 2.62 bits per heavy atom. The normalized spacial score (nSPS) is 12.3. The fourth-order valence-corrected chi connectivity index (χ4v) is 5.30. The number of benzene rings is 2. The summed E-state index contributed by atoms with van der Waals surface area (Å²) in [5, 5.41) is 9.76. The number of aromatic amines is 1. The molecule has 4 aromatic rings. The van der Waals surface area contributed by atoms with Gasteiger partial charge in [-0.15, -0.1) is 0 Å². The second kappa shape index (κ2) is 11.5. The molecule has 2 heterocycles. The highest BCUT2D eigenvalue weighted by molar-refractivity contribution is 7.89. The standard InChI is InChI=1S/C24H25N5O6S2/c1-3-25-23(30)35-21(13-22-27-28-24(31)36-22)29-37(32,33)18-10-8-17(9-11-18)34-14-16-12-15(2)26-20-7-5-4-6-19(16)20/h4-12,21,29H,3,13-14H2,1-2H3,(H,25,30)(H,28,31). The average molecular weight is 544 g/mol. The van der Waals surface area contributed by atoms with E-state index in [4.69, 9.17) is 9.47 Å². The predicted molar refractivity (Wildman–Crippen MR) is 138 cm³/mol. The first-order valence-corrected chi connectivity index (χ1v) is 13.6. The van der Waals surface area contributed by atoms with Crippen LogP contribution in [0.4, 0.5) is 4.79 Å². The van der Waals surface area contributed by atoms with Crippen molar-refractivity contribution in [3.05, 3.63) is 80.5 Å². The Labute approximate surface area is 216 Å². The SMILES string of the molecule is CCNC(=O)OC(Cc1n[nH]c(=O)s1)NS(=O)(=O)c1ccc(OCc2cc(C)nc3ccccc23)cc1. The third-order valence-corrected chi connectivity index (χ3v) is 7.39. The zero-order valence-corrected chi connectivity index (χ0v) is 21.7. The van der Waals surface area contributed by atoms with E-state index in [0.29, 0.717) is 12.3 Å². The van der Waals surface area contributed by atoms with Gasteiger partial charge in [-0.1, -0.05) is 29.5 Å². The molecule has 4 rings (SSSR count). The first-order chi connectivity index (χ1) is 17.7. The molecule has 0 aliphatic heterocycles. The van der Waals surface area contributed by atoms with Crippen molar-refractivity contribution in [2.45, 2.75) is 38.0 Å². The highest BCUT2D eigenvalue weighted by Gasteiger charge is 2.25. The molecule has 194 valence electrons. The van der Waals surface area contributed by atoms with Crippen LogP contribution >= 0.6 is 11.3 Å². The molecule has 13 heteroatoms. The molecule has 11 nitrogen and oxygen atoms in total. The molecule has 1 unspecified atom stereocenters. The van der Waals surface area contributed by atoms with Crippen molar-refractivity contribution in [1.82, 2.24) is 25.2 Å². The maximum absolute atomic E-state index is 13.0. The van der Waals surface area contributed by atoms with Gasteiger partial charge in [-0.05, 0) is 50.2 Å². The lowest BCUT2D eigenvalue weighted by molar-refractivity contribution is 0.0920. The largest absolute Gasteiger partial charge is 0.489 e. The number of rotatable bonds is 10. The Morgan fingerprint density at radius 2 is 1.92 bits per heavy atom. The smallest absolute Gasteiger partial charge is 0.408 e. The van der Waals surface area contributed by atoms with Gasteiger partial charge in [-0.2, -0.15) is 9.82 Å². The lowest BCUT2D eigenvalue weighted by Crippen LogP contribution is -2.42. The summed E-state index contributed by atoms with van der Waals surface area (Å²) in [4.78, 5) is 27.4. The van der Waals surface area contributed by atoms with Gasteiger partial charge < -0.3 is 14.8 Å². The van der Waals surface area contributed by atoms with E-state index in [9.17, 15) is 18.0 Å². The van der Waals surface area contributed by atoms with E-state index >= 15 is 0 Å². The minimum atomic E-state index is -4.08. The van der Waals surface area contributed by atoms with Crippen LogP contribution in [0.2, 0.25) is 0 Å². The van der Waals surface area contributed by atoms with E-state index in [-0.39, 0.29) is 22.9 Å². The summed E-state index contributed by atoms with van der Waals surface area (Å²) in [7, 11) is -4.08. The highest BCUT2D eigenvalue weighted by Crippen LogP contribution is 2.22. The summed E-state index contributed by atoms with van der Waals surface area (Å²) in [6.45, 7) is 4.19. The first-order valence-electron chi connectivity index (χ1n) is 11.3. The molecule has 0 spiro atoms. The molecule has 1 atom stereocenters. The number of pyridine rings is 1. The Kier molecular flexibility index (Phi) is 8.16.